The SMILES string of the molecule is Cc1nc(N(C)CCC(C)C=O)cc(N2CC(c3nc4ccccc4n3C)C2)n1. The monoisotopic (exact) mass is 392 g/mol. The Kier molecular flexibility index (Phi) is 5.22. The van der Waals surface area contributed by atoms with Gasteiger partial charge in [0.25, 0.3) is 0 Å². The van der Waals surface area contributed by atoms with Crippen LogP contribution in [0.3, 0.4) is 0 Å². The van der Waals surface area contributed by atoms with Gasteiger partial charge in [0.05, 0.1) is 17.0 Å². The zero-order valence-electron chi connectivity index (χ0n) is 17.5. The summed E-state index contributed by atoms with van der Waals surface area (Å²) in [6.45, 7) is 6.46. The Morgan fingerprint density at radius 2 is 2.00 bits per heavy atom. The minimum atomic E-state index is 0.0595. The molecular weight excluding hydrogens is 364 g/mol. The van der Waals surface area contributed by atoms with E-state index in [1.807, 2.05) is 33.0 Å². The molecule has 0 N–H and O–H groups in total. The van der Waals surface area contributed by atoms with Crippen molar-refractivity contribution in [3.05, 3.63) is 42.0 Å². The number of fused-ring (bicyclic) bond motifs is 1. The zero-order valence-corrected chi connectivity index (χ0v) is 17.5. The second-order valence-corrected chi connectivity index (χ2v) is 8.07. The normalized spacial score (nSPS) is 15.4. The molecule has 1 saturated heterocycles. The van der Waals surface area contributed by atoms with Gasteiger partial charge in [-0.2, -0.15) is 0 Å². The van der Waals surface area contributed by atoms with Crippen molar-refractivity contribution < 1.29 is 4.79 Å². The standard InChI is InChI=1S/C22H28N6O/c1-15(14-29)9-10-26(3)20-11-21(24-16(2)23-20)28-12-17(13-28)22-25-18-7-5-6-8-19(18)27(22)4/h5-8,11,14-15,17H,9-10,12-13H2,1-4H3. The second kappa shape index (κ2) is 7.81. The summed E-state index contributed by atoms with van der Waals surface area (Å²) in [5.74, 6) is 4.21. The molecule has 152 valence electrons. The lowest BCUT2D eigenvalue weighted by molar-refractivity contribution is -0.110. The highest BCUT2D eigenvalue weighted by atomic mass is 16.1. The number of para-hydroxylation sites is 2. The summed E-state index contributed by atoms with van der Waals surface area (Å²) in [6, 6.07) is 10.3. The van der Waals surface area contributed by atoms with Gasteiger partial charge >= 0.3 is 0 Å². The molecule has 1 unspecified atom stereocenters. The highest BCUT2D eigenvalue weighted by Gasteiger charge is 2.33. The number of aldehydes is 1. The van der Waals surface area contributed by atoms with Crippen LogP contribution >= 0.6 is 0 Å². The van der Waals surface area contributed by atoms with Crippen LogP contribution in [0.1, 0.15) is 30.9 Å². The van der Waals surface area contributed by atoms with E-state index in [0.29, 0.717) is 5.92 Å². The number of carbonyl (C=O) groups excluding carboxylic acids is 1. The number of nitrogens with zero attached hydrogens (tertiary/aromatic N) is 6. The van der Waals surface area contributed by atoms with Gasteiger partial charge in [0, 0.05) is 45.7 Å². The van der Waals surface area contributed by atoms with Crippen molar-refractivity contribution in [1.82, 2.24) is 19.5 Å². The predicted octanol–water partition coefficient (Wildman–Crippen LogP) is 2.94. The van der Waals surface area contributed by atoms with Gasteiger partial charge in [0.2, 0.25) is 0 Å². The topological polar surface area (TPSA) is 67.2 Å². The molecule has 0 amide bonds. The molecule has 1 aliphatic heterocycles. The first-order valence-corrected chi connectivity index (χ1v) is 10.1. The summed E-state index contributed by atoms with van der Waals surface area (Å²) in [7, 11) is 4.11. The number of aryl methyl sites for hydroxylation is 2. The molecule has 1 fully saturated rings. The third-order valence-corrected chi connectivity index (χ3v) is 5.75. The Labute approximate surface area is 171 Å². The molecule has 7 heteroatoms. The molecule has 29 heavy (non-hydrogen) atoms. The third-order valence-electron chi connectivity index (χ3n) is 5.75. The van der Waals surface area contributed by atoms with Gasteiger partial charge < -0.3 is 19.2 Å². The van der Waals surface area contributed by atoms with E-state index in [9.17, 15) is 4.79 Å². The average Bonchev–Trinajstić information content (AvgIpc) is 3.01. The van der Waals surface area contributed by atoms with Gasteiger partial charge in [0.15, 0.2) is 0 Å². The summed E-state index contributed by atoms with van der Waals surface area (Å²) in [6.07, 6.45) is 1.82. The van der Waals surface area contributed by atoms with Crippen molar-refractivity contribution in [2.75, 3.05) is 36.5 Å². The molecule has 1 aliphatic rings. The molecule has 0 spiro atoms. The van der Waals surface area contributed by atoms with Gasteiger partial charge in [0.1, 0.15) is 29.6 Å². The number of carbonyl (C=O) groups is 1. The van der Waals surface area contributed by atoms with E-state index in [1.165, 1.54) is 5.52 Å². The van der Waals surface area contributed by atoms with Crippen LogP contribution in [-0.2, 0) is 11.8 Å². The van der Waals surface area contributed by atoms with Gasteiger partial charge in [-0.05, 0) is 25.5 Å². The molecule has 3 aromatic rings. The molecule has 0 bridgehead atoms. The fourth-order valence-corrected chi connectivity index (χ4v) is 3.83. The van der Waals surface area contributed by atoms with Gasteiger partial charge in [-0.25, -0.2) is 15.0 Å². The van der Waals surface area contributed by atoms with E-state index in [4.69, 9.17) is 4.98 Å². The number of hydrogen-bond donors (Lipinski definition) is 0. The average molecular weight is 393 g/mol. The summed E-state index contributed by atoms with van der Waals surface area (Å²) in [5.41, 5.74) is 2.22. The first-order valence-electron chi connectivity index (χ1n) is 10.1. The van der Waals surface area contributed by atoms with Crippen LogP contribution in [-0.4, -0.2) is 52.5 Å². The third kappa shape index (κ3) is 3.81. The lowest BCUT2D eigenvalue weighted by atomic mass is 9.99. The maximum Gasteiger partial charge on any atom is 0.134 e. The Morgan fingerprint density at radius 1 is 1.24 bits per heavy atom. The molecule has 1 aromatic carbocycles. The molecule has 2 aromatic heterocycles. The Bertz CT molecular complexity index is 1020. The van der Waals surface area contributed by atoms with Crippen molar-refractivity contribution in [2.24, 2.45) is 13.0 Å². The van der Waals surface area contributed by atoms with Crippen LogP contribution in [0, 0.1) is 12.8 Å². The van der Waals surface area contributed by atoms with Crippen LogP contribution in [0.5, 0.6) is 0 Å². The molecule has 0 radical (unpaired) electrons. The molecule has 0 saturated carbocycles. The molecule has 3 heterocycles. The number of benzene rings is 1. The maximum absolute atomic E-state index is 10.9. The van der Waals surface area contributed by atoms with E-state index in [-0.39, 0.29) is 5.92 Å². The van der Waals surface area contributed by atoms with Gasteiger partial charge in [-0.3, -0.25) is 0 Å². The fraction of sp³-hybridized carbons (Fsp3) is 0.455. The smallest absolute Gasteiger partial charge is 0.134 e. The quantitative estimate of drug-likeness (QED) is 0.576. The van der Waals surface area contributed by atoms with Crippen molar-refractivity contribution in [2.45, 2.75) is 26.2 Å². The Morgan fingerprint density at radius 3 is 2.72 bits per heavy atom. The van der Waals surface area contributed by atoms with Gasteiger partial charge in [-0.15, -0.1) is 0 Å². The van der Waals surface area contributed by atoms with Crippen LogP contribution in [0.2, 0.25) is 0 Å². The number of hydrogen-bond acceptors (Lipinski definition) is 6. The van der Waals surface area contributed by atoms with E-state index in [2.05, 4.69) is 49.6 Å². The Hall–Kier alpha value is -2.96. The molecular formula is C22H28N6O. The van der Waals surface area contributed by atoms with Crippen molar-refractivity contribution >= 4 is 29.0 Å². The molecule has 1 atom stereocenters. The van der Waals surface area contributed by atoms with Crippen LogP contribution in [0.15, 0.2) is 30.3 Å². The largest absolute Gasteiger partial charge is 0.359 e. The summed E-state index contributed by atoms with van der Waals surface area (Å²) in [5, 5.41) is 0. The lowest BCUT2D eigenvalue weighted by Gasteiger charge is -2.40. The van der Waals surface area contributed by atoms with Crippen LogP contribution in [0.4, 0.5) is 11.6 Å². The number of rotatable bonds is 7. The van der Waals surface area contributed by atoms with Crippen LogP contribution < -0.4 is 9.80 Å². The zero-order chi connectivity index (χ0) is 20.5. The lowest BCUT2D eigenvalue weighted by Crippen LogP contribution is -2.46. The first kappa shape index (κ1) is 19.4. The molecule has 7 nitrogen and oxygen atoms in total. The summed E-state index contributed by atoms with van der Waals surface area (Å²) < 4.78 is 2.20. The molecule has 4 rings (SSSR count). The highest BCUT2D eigenvalue weighted by molar-refractivity contribution is 5.76. The van der Waals surface area contributed by atoms with E-state index in [1.54, 1.807) is 0 Å². The van der Waals surface area contributed by atoms with E-state index < -0.39 is 0 Å². The maximum atomic E-state index is 10.9. The van der Waals surface area contributed by atoms with Gasteiger partial charge in [-0.1, -0.05) is 19.1 Å². The van der Waals surface area contributed by atoms with Crippen molar-refractivity contribution in [3.8, 4) is 0 Å². The number of imidazole rings is 1. The van der Waals surface area contributed by atoms with Crippen molar-refractivity contribution in [1.29, 1.82) is 0 Å². The van der Waals surface area contributed by atoms with Crippen molar-refractivity contribution in [3.63, 3.8) is 0 Å². The minimum absolute atomic E-state index is 0.0595. The Balaban J connectivity index is 1.47. The predicted molar refractivity (Wildman–Crippen MR) is 116 cm³/mol. The fourth-order valence-electron chi connectivity index (χ4n) is 3.83. The highest BCUT2D eigenvalue weighted by Crippen LogP contribution is 2.32. The second-order valence-electron chi connectivity index (χ2n) is 8.07. The molecule has 0 aliphatic carbocycles. The minimum Gasteiger partial charge on any atom is -0.359 e. The van der Waals surface area contributed by atoms with E-state index >= 15 is 0 Å². The van der Waals surface area contributed by atoms with E-state index in [0.717, 1.165) is 61.1 Å². The summed E-state index contributed by atoms with van der Waals surface area (Å²) in [4.78, 5) is 29.3. The first-order chi connectivity index (χ1) is 14.0. The van der Waals surface area contributed by atoms with Crippen LogP contribution in [0.25, 0.3) is 11.0 Å². The summed E-state index contributed by atoms with van der Waals surface area (Å²) >= 11 is 0. The number of anilines is 2. The number of aromatic nitrogens is 4.